The number of benzene rings is 1. The van der Waals surface area contributed by atoms with Crippen molar-refractivity contribution >= 4 is 22.7 Å². The van der Waals surface area contributed by atoms with Gasteiger partial charge in [-0.3, -0.25) is 4.57 Å². The quantitative estimate of drug-likeness (QED) is 0.387. The van der Waals surface area contributed by atoms with Crippen molar-refractivity contribution in [3.8, 4) is 0 Å². The summed E-state index contributed by atoms with van der Waals surface area (Å²) in [5.41, 5.74) is 8.41. The van der Waals surface area contributed by atoms with Crippen LogP contribution in [0.1, 0.15) is 24.8 Å². The van der Waals surface area contributed by atoms with Crippen molar-refractivity contribution in [1.29, 1.82) is 0 Å². The van der Waals surface area contributed by atoms with E-state index in [-0.39, 0.29) is 6.04 Å². The average Bonchev–Trinajstić information content (AvgIpc) is 3.24. The third-order valence-corrected chi connectivity index (χ3v) is 4.94. The van der Waals surface area contributed by atoms with Crippen LogP contribution in [0.3, 0.4) is 0 Å². The Balaban J connectivity index is 1.63. The smallest absolute Gasteiger partial charge is 0.167 e. The van der Waals surface area contributed by atoms with Gasteiger partial charge in [0.2, 0.25) is 0 Å². The normalized spacial score (nSPS) is 25.9. The SMILES string of the molecule is CC(Nc1ncnc2c1ncn2[C@@H]1O[C@H](CO)[C@@H](O)[C@H]1O)c1ccc(N)cc1. The Kier molecular flexibility index (Phi) is 4.85. The summed E-state index contributed by atoms with van der Waals surface area (Å²) in [6, 6.07) is 7.48. The minimum Gasteiger partial charge on any atom is -0.399 e. The number of fused-ring (bicyclic) bond motifs is 1. The Morgan fingerprint density at radius 1 is 1.18 bits per heavy atom. The number of hydrogen-bond donors (Lipinski definition) is 5. The van der Waals surface area contributed by atoms with Crippen LogP contribution < -0.4 is 11.1 Å². The van der Waals surface area contributed by atoms with Crippen LogP contribution in [-0.2, 0) is 4.74 Å². The highest BCUT2D eigenvalue weighted by molar-refractivity contribution is 5.83. The maximum absolute atomic E-state index is 10.3. The summed E-state index contributed by atoms with van der Waals surface area (Å²) in [5.74, 6) is 0.528. The molecule has 3 heterocycles. The van der Waals surface area contributed by atoms with Gasteiger partial charge in [-0.2, -0.15) is 0 Å². The van der Waals surface area contributed by atoms with E-state index < -0.39 is 31.1 Å². The van der Waals surface area contributed by atoms with E-state index in [0.29, 0.717) is 22.7 Å². The topological polar surface area (TPSA) is 152 Å². The molecule has 2 aromatic heterocycles. The van der Waals surface area contributed by atoms with E-state index in [1.54, 1.807) is 0 Å². The Morgan fingerprint density at radius 2 is 1.93 bits per heavy atom. The molecule has 6 N–H and O–H groups in total. The molecule has 0 saturated carbocycles. The molecule has 10 nitrogen and oxygen atoms in total. The van der Waals surface area contributed by atoms with Crippen molar-refractivity contribution in [2.45, 2.75) is 37.5 Å². The maximum atomic E-state index is 10.3. The number of anilines is 2. The standard InChI is InChI=1S/C18H22N6O4/c1-9(10-2-4-11(19)5-3-10)23-16-13-17(21-7-20-16)24(8-22-13)18-15(27)14(26)12(6-25)28-18/h2-5,7-9,12,14-15,18,25-27H,6,19H2,1H3,(H,20,21,23)/t9?,12-,14-,15-,18-/m1/s1. The van der Waals surface area contributed by atoms with E-state index in [0.717, 1.165) is 5.56 Å². The molecule has 5 atom stereocenters. The first-order valence-electron chi connectivity index (χ1n) is 8.91. The van der Waals surface area contributed by atoms with Gasteiger partial charge in [-0.15, -0.1) is 0 Å². The molecule has 1 aliphatic rings. The minimum atomic E-state index is -1.21. The number of imidazole rings is 1. The van der Waals surface area contributed by atoms with E-state index >= 15 is 0 Å². The van der Waals surface area contributed by atoms with Gasteiger partial charge in [0.05, 0.1) is 19.0 Å². The summed E-state index contributed by atoms with van der Waals surface area (Å²) in [6.45, 7) is 1.59. The lowest BCUT2D eigenvalue weighted by Gasteiger charge is -2.17. The number of hydrogen-bond acceptors (Lipinski definition) is 9. The number of nitrogens with two attached hydrogens (primary N) is 1. The van der Waals surface area contributed by atoms with Crippen molar-refractivity contribution in [2.24, 2.45) is 0 Å². The second-order valence-electron chi connectivity index (χ2n) is 6.81. The molecule has 0 radical (unpaired) electrons. The number of nitrogens with one attached hydrogen (secondary N) is 1. The summed E-state index contributed by atoms with van der Waals surface area (Å²) in [7, 11) is 0. The maximum Gasteiger partial charge on any atom is 0.167 e. The highest BCUT2D eigenvalue weighted by Gasteiger charge is 2.44. The Labute approximate surface area is 160 Å². The van der Waals surface area contributed by atoms with Gasteiger partial charge in [-0.05, 0) is 24.6 Å². The fourth-order valence-corrected chi connectivity index (χ4v) is 3.33. The van der Waals surface area contributed by atoms with E-state index in [2.05, 4.69) is 20.3 Å². The second kappa shape index (κ2) is 7.32. The lowest BCUT2D eigenvalue weighted by Crippen LogP contribution is -2.33. The number of nitrogen functional groups attached to an aromatic ring is 1. The van der Waals surface area contributed by atoms with E-state index in [9.17, 15) is 15.3 Å². The van der Waals surface area contributed by atoms with E-state index in [1.165, 1.54) is 17.2 Å². The van der Waals surface area contributed by atoms with Crippen LogP contribution in [0.4, 0.5) is 11.5 Å². The third-order valence-electron chi connectivity index (χ3n) is 4.94. The van der Waals surface area contributed by atoms with E-state index in [4.69, 9.17) is 10.5 Å². The summed E-state index contributed by atoms with van der Waals surface area (Å²) in [4.78, 5) is 12.9. The lowest BCUT2D eigenvalue weighted by atomic mass is 10.1. The van der Waals surface area contributed by atoms with Crippen molar-refractivity contribution in [3.63, 3.8) is 0 Å². The van der Waals surface area contributed by atoms with Crippen LogP contribution in [0.5, 0.6) is 0 Å². The molecular weight excluding hydrogens is 364 g/mol. The van der Waals surface area contributed by atoms with Gasteiger partial charge in [0.15, 0.2) is 23.2 Å². The number of ether oxygens (including phenoxy) is 1. The van der Waals surface area contributed by atoms with Gasteiger partial charge in [-0.25, -0.2) is 15.0 Å². The second-order valence-corrected chi connectivity index (χ2v) is 6.81. The molecule has 3 aromatic rings. The van der Waals surface area contributed by atoms with Crippen molar-refractivity contribution in [2.75, 3.05) is 17.7 Å². The zero-order chi connectivity index (χ0) is 19.8. The molecule has 1 saturated heterocycles. The van der Waals surface area contributed by atoms with Crippen LogP contribution >= 0.6 is 0 Å². The summed E-state index contributed by atoms with van der Waals surface area (Å²) >= 11 is 0. The fraction of sp³-hybridized carbons (Fsp3) is 0.389. The average molecular weight is 386 g/mol. The molecule has 1 aromatic carbocycles. The van der Waals surface area contributed by atoms with Crippen LogP contribution in [0.2, 0.25) is 0 Å². The van der Waals surface area contributed by atoms with Gasteiger partial charge in [0.1, 0.15) is 24.6 Å². The number of aliphatic hydroxyl groups excluding tert-OH is 3. The monoisotopic (exact) mass is 386 g/mol. The summed E-state index contributed by atoms with van der Waals surface area (Å²) in [6.07, 6.45) is -1.33. The Bertz CT molecular complexity index is 962. The molecule has 28 heavy (non-hydrogen) atoms. The first-order chi connectivity index (χ1) is 13.5. The molecule has 0 bridgehead atoms. The van der Waals surface area contributed by atoms with Crippen molar-refractivity contribution in [3.05, 3.63) is 42.5 Å². The van der Waals surface area contributed by atoms with Crippen molar-refractivity contribution in [1.82, 2.24) is 19.5 Å². The third kappa shape index (κ3) is 3.16. The van der Waals surface area contributed by atoms with Gasteiger partial charge in [0, 0.05) is 5.69 Å². The van der Waals surface area contributed by atoms with Gasteiger partial charge in [0.25, 0.3) is 0 Å². The number of aliphatic hydroxyl groups is 3. The van der Waals surface area contributed by atoms with Gasteiger partial charge >= 0.3 is 0 Å². The molecular formula is C18H22N6O4. The predicted molar refractivity (Wildman–Crippen MR) is 101 cm³/mol. The zero-order valence-corrected chi connectivity index (χ0v) is 15.2. The van der Waals surface area contributed by atoms with Crippen molar-refractivity contribution < 1.29 is 20.1 Å². The first kappa shape index (κ1) is 18.6. The number of aromatic nitrogens is 4. The van der Waals surface area contributed by atoms with Crippen LogP contribution in [-0.4, -0.2) is 59.8 Å². The largest absolute Gasteiger partial charge is 0.399 e. The predicted octanol–water partition coefficient (Wildman–Crippen LogP) is 0.193. The van der Waals surface area contributed by atoms with E-state index in [1.807, 2.05) is 31.2 Å². The van der Waals surface area contributed by atoms with Gasteiger partial charge in [-0.1, -0.05) is 12.1 Å². The molecule has 1 aliphatic heterocycles. The van der Waals surface area contributed by atoms with Gasteiger partial charge < -0.3 is 31.1 Å². The van der Waals surface area contributed by atoms with Crippen LogP contribution in [0.15, 0.2) is 36.9 Å². The Morgan fingerprint density at radius 3 is 2.61 bits per heavy atom. The molecule has 0 aliphatic carbocycles. The zero-order valence-electron chi connectivity index (χ0n) is 15.2. The Hall–Kier alpha value is -2.79. The first-order valence-corrected chi connectivity index (χ1v) is 8.91. The van der Waals surface area contributed by atoms with Crippen LogP contribution in [0, 0.1) is 0 Å². The highest BCUT2D eigenvalue weighted by atomic mass is 16.6. The molecule has 148 valence electrons. The molecule has 4 rings (SSSR count). The van der Waals surface area contributed by atoms with Crippen LogP contribution in [0.25, 0.3) is 11.2 Å². The molecule has 0 amide bonds. The number of rotatable bonds is 5. The molecule has 1 unspecified atom stereocenters. The summed E-state index contributed by atoms with van der Waals surface area (Å²) in [5, 5.41) is 32.9. The molecule has 1 fully saturated rings. The number of nitrogens with zero attached hydrogens (tertiary/aromatic N) is 4. The molecule has 10 heteroatoms. The minimum absolute atomic E-state index is 0.0576. The summed E-state index contributed by atoms with van der Waals surface area (Å²) < 4.78 is 7.10. The lowest BCUT2D eigenvalue weighted by molar-refractivity contribution is -0.0511. The highest BCUT2D eigenvalue weighted by Crippen LogP contribution is 2.32. The fourth-order valence-electron chi connectivity index (χ4n) is 3.33. The molecule has 0 spiro atoms.